The fourth-order valence-corrected chi connectivity index (χ4v) is 6.26. The molecule has 3 aromatic rings. The number of fused-ring (bicyclic) bond motifs is 8. The number of H-pyrrole nitrogens is 2. The fourth-order valence-electron chi connectivity index (χ4n) is 6.26. The molecule has 0 saturated heterocycles. The Morgan fingerprint density at radius 1 is 0.640 bits per heavy atom. The first-order chi connectivity index (χ1) is 23.9. The first-order valence-electron chi connectivity index (χ1n) is 16.8. The van der Waals surface area contributed by atoms with Crippen molar-refractivity contribution in [3.63, 3.8) is 0 Å². The molecule has 50 heavy (non-hydrogen) atoms. The van der Waals surface area contributed by atoms with Gasteiger partial charge in [-0.3, -0.25) is 19.2 Å². The Labute approximate surface area is 291 Å². The van der Waals surface area contributed by atoms with E-state index >= 15 is 0 Å². The fraction of sp³-hybridized carbons (Fsp3) is 0.300. The summed E-state index contributed by atoms with van der Waals surface area (Å²) in [5, 5.41) is 0. The van der Waals surface area contributed by atoms with Gasteiger partial charge in [-0.1, -0.05) is 39.2 Å². The van der Waals surface area contributed by atoms with Crippen molar-refractivity contribution in [3.8, 4) is 0 Å². The largest absolute Gasteiger partial charge is 0.393 e. The average molecular weight is 675 g/mol. The van der Waals surface area contributed by atoms with Crippen molar-refractivity contribution in [2.75, 3.05) is 0 Å². The third-order valence-corrected chi connectivity index (χ3v) is 9.23. The van der Waals surface area contributed by atoms with Crippen LogP contribution in [-0.2, 0) is 35.1 Å². The second-order valence-corrected chi connectivity index (χ2v) is 12.3. The molecule has 0 aliphatic carbocycles. The molecule has 10 heteroatoms. The molecule has 0 amide bonds. The summed E-state index contributed by atoms with van der Waals surface area (Å²) in [6.07, 6.45) is 4.39. The highest BCUT2D eigenvalue weighted by Gasteiger charge is 2.22. The summed E-state index contributed by atoms with van der Waals surface area (Å²) in [6.45, 7) is 19.4. The predicted octanol–water partition coefficient (Wildman–Crippen LogP) is 8.29. The number of carbonyl (C=O) groups is 4. The van der Waals surface area contributed by atoms with Gasteiger partial charge in [0.2, 0.25) is 0 Å². The molecule has 2 aliphatic heterocycles. The van der Waals surface area contributed by atoms with E-state index in [2.05, 4.69) is 23.1 Å². The molecule has 258 valence electrons. The molecule has 0 unspecified atom stereocenters. The number of aryl methyl sites for hydroxylation is 3. The number of hydrogen-bond donors (Lipinski definition) is 2. The monoisotopic (exact) mass is 674 g/mol. The lowest BCUT2D eigenvalue weighted by molar-refractivity contribution is -0.161. The van der Waals surface area contributed by atoms with Crippen LogP contribution in [-0.4, -0.2) is 43.8 Å². The number of allylic oxidation sites excluding steroid dienone is 5. The second-order valence-electron chi connectivity index (χ2n) is 12.3. The molecular weight excluding hydrogens is 632 g/mol. The highest BCUT2D eigenvalue weighted by Crippen LogP contribution is 2.36. The molecule has 2 N–H and O–H groups in total. The zero-order valence-corrected chi connectivity index (χ0v) is 29.5. The Bertz CT molecular complexity index is 2190. The maximum absolute atomic E-state index is 12.6. The number of hydrogen-bond acceptors (Lipinski definition) is 8. The predicted molar refractivity (Wildman–Crippen MR) is 196 cm³/mol. The van der Waals surface area contributed by atoms with Crippen molar-refractivity contribution in [1.82, 2.24) is 19.9 Å². The van der Waals surface area contributed by atoms with Gasteiger partial charge in [0.05, 0.1) is 35.6 Å². The number of rotatable bonds is 10. The van der Waals surface area contributed by atoms with Gasteiger partial charge in [-0.15, -0.1) is 0 Å². The topological polar surface area (TPSA) is 144 Å². The van der Waals surface area contributed by atoms with E-state index in [1.807, 2.05) is 58.0 Å². The maximum Gasteiger partial charge on any atom is 0.313 e. The summed E-state index contributed by atoms with van der Waals surface area (Å²) < 4.78 is 9.91. The first-order valence-corrected chi connectivity index (χ1v) is 16.8. The van der Waals surface area contributed by atoms with Gasteiger partial charge < -0.3 is 19.4 Å². The van der Waals surface area contributed by atoms with E-state index < -0.39 is 23.9 Å². The molecule has 0 atom stereocenters. The van der Waals surface area contributed by atoms with Crippen molar-refractivity contribution < 1.29 is 28.7 Å². The smallest absolute Gasteiger partial charge is 0.313 e. The van der Waals surface area contributed by atoms with Gasteiger partial charge in [0.15, 0.2) is 0 Å². The lowest BCUT2D eigenvalue weighted by atomic mass is 10.00. The van der Waals surface area contributed by atoms with E-state index in [0.717, 1.165) is 72.5 Å². The number of ether oxygens (including phenoxy) is 2. The van der Waals surface area contributed by atoms with Gasteiger partial charge in [-0.05, 0) is 98.2 Å². The quantitative estimate of drug-likeness (QED) is 0.161. The molecule has 3 aromatic heterocycles. The van der Waals surface area contributed by atoms with E-state index in [0.29, 0.717) is 23.3 Å². The molecule has 10 nitrogen and oxygen atoms in total. The molecular formula is C40H42N4O6. The van der Waals surface area contributed by atoms with E-state index in [4.69, 9.17) is 19.4 Å². The van der Waals surface area contributed by atoms with Crippen LogP contribution in [0.15, 0.2) is 43.5 Å². The molecule has 0 fully saturated rings. The van der Waals surface area contributed by atoms with E-state index in [1.54, 1.807) is 19.9 Å². The van der Waals surface area contributed by atoms with Crippen LogP contribution in [0.4, 0.5) is 0 Å². The summed E-state index contributed by atoms with van der Waals surface area (Å²) in [5.74, 6) is -2.36. The molecule has 0 aromatic carbocycles. The number of aromatic nitrogens is 4. The minimum atomic E-state index is -0.605. The summed E-state index contributed by atoms with van der Waals surface area (Å²) >= 11 is 0. The van der Waals surface area contributed by atoms with Crippen LogP contribution in [0.2, 0.25) is 0 Å². The SMILES string of the molecule is C=CC1=C(C)c2cc3[nH]c(cc4nc(cc5[nH]c(cc1n2)c(C)c5CCC(=O)OC(=O)CC)C(CCC(=O)OC(=O)CC)=C4C)c(C)c3C=C. The maximum atomic E-state index is 12.6. The normalized spacial score (nSPS) is 12.6. The Balaban J connectivity index is 1.80. The molecule has 8 bridgehead atoms. The molecule has 0 saturated carbocycles. The summed E-state index contributed by atoms with van der Waals surface area (Å²) in [4.78, 5) is 65.9. The number of carbonyl (C=O) groups excluding carboxylic acids is 4. The minimum absolute atomic E-state index is 0.00797. The van der Waals surface area contributed by atoms with Crippen LogP contribution in [0.3, 0.4) is 0 Å². The van der Waals surface area contributed by atoms with Crippen molar-refractivity contribution in [1.29, 1.82) is 0 Å². The lowest BCUT2D eigenvalue weighted by Gasteiger charge is -2.05. The minimum Gasteiger partial charge on any atom is -0.393 e. The second kappa shape index (κ2) is 14.9. The molecule has 2 aliphatic rings. The average Bonchev–Trinajstić information content (AvgIpc) is 3.75. The van der Waals surface area contributed by atoms with Crippen LogP contribution in [0.5, 0.6) is 0 Å². The Morgan fingerprint density at radius 3 is 1.78 bits per heavy atom. The van der Waals surface area contributed by atoms with Crippen molar-refractivity contribution in [3.05, 3.63) is 88.5 Å². The lowest BCUT2D eigenvalue weighted by Crippen LogP contribution is -2.11. The van der Waals surface area contributed by atoms with Crippen LogP contribution in [0.25, 0.3) is 50.4 Å². The summed E-state index contributed by atoms with van der Waals surface area (Å²) in [5.41, 5.74) is 13.3. The summed E-state index contributed by atoms with van der Waals surface area (Å²) in [7, 11) is 0. The van der Waals surface area contributed by atoms with Crippen molar-refractivity contribution in [2.24, 2.45) is 0 Å². The van der Waals surface area contributed by atoms with Crippen molar-refractivity contribution in [2.45, 2.75) is 80.1 Å². The summed E-state index contributed by atoms with van der Waals surface area (Å²) in [6, 6.07) is 7.86. The van der Waals surface area contributed by atoms with Gasteiger partial charge in [0.1, 0.15) is 0 Å². The third kappa shape index (κ3) is 7.19. The van der Waals surface area contributed by atoms with Crippen LogP contribution < -0.4 is 0 Å². The molecule has 0 radical (unpaired) electrons. The standard InChI is InChI=1S/C40H42N4O6/c1-9-25-21(5)29-17-30-23(7)27(13-15-39(47)49-37(45)11-3)35(43-30)20-36-28(14-16-40(48)50-38(46)12-4)24(8)32(44-36)19-34-26(10-2)22(6)31(42-34)18-33(25)41-29/h9-10,17-20,41,44H,1-2,11-16H2,3-8H3. The number of aromatic amines is 2. The highest BCUT2D eigenvalue weighted by atomic mass is 16.6. The Hall–Kier alpha value is -5.64. The van der Waals surface area contributed by atoms with Crippen molar-refractivity contribution >= 4 is 74.3 Å². The van der Waals surface area contributed by atoms with E-state index in [9.17, 15) is 19.2 Å². The van der Waals surface area contributed by atoms with Crippen LogP contribution in [0, 0.1) is 13.8 Å². The zero-order chi connectivity index (χ0) is 36.3. The van der Waals surface area contributed by atoms with Crippen LogP contribution >= 0.6 is 0 Å². The van der Waals surface area contributed by atoms with Gasteiger partial charge >= 0.3 is 23.9 Å². The van der Waals surface area contributed by atoms with E-state index in [1.165, 1.54) is 0 Å². The highest BCUT2D eigenvalue weighted by molar-refractivity contribution is 5.98. The number of esters is 4. The molecule has 0 spiro atoms. The number of nitrogens with zero attached hydrogens (tertiary/aromatic N) is 2. The van der Waals surface area contributed by atoms with Gasteiger partial charge in [-0.2, -0.15) is 0 Å². The molecule has 5 heterocycles. The van der Waals surface area contributed by atoms with Gasteiger partial charge in [-0.25, -0.2) is 9.97 Å². The zero-order valence-electron chi connectivity index (χ0n) is 29.5. The van der Waals surface area contributed by atoms with Crippen LogP contribution in [0.1, 0.15) is 105 Å². The Kier molecular flexibility index (Phi) is 10.6. The van der Waals surface area contributed by atoms with Gasteiger partial charge in [0, 0.05) is 46.0 Å². The first kappa shape index (κ1) is 35.7. The Morgan fingerprint density at radius 2 is 1.16 bits per heavy atom. The number of nitrogens with one attached hydrogen (secondary N) is 2. The van der Waals surface area contributed by atoms with E-state index in [-0.39, 0.29) is 32.1 Å². The molecule has 5 rings (SSSR count). The van der Waals surface area contributed by atoms with Gasteiger partial charge in [0.25, 0.3) is 0 Å². The third-order valence-electron chi connectivity index (χ3n) is 9.23.